The summed E-state index contributed by atoms with van der Waals surface area (Å²) in [6, 6.07) is 8.67. The summed E-state index contributed by atoms with van der Waals surface area (Å²) in [6.45, 7) is 4.67. The van der Waals surface area contributed by atoms with Gasteiger partial charge in [0.25, 0.3) is 5.91 Å². The Hall–Kier alpha value is -3.64. The second kappa shape index (κ2) is 10.4. The molecule has 2 amide bonds. The Kier molecular flexibility index (Phi) is 7.40. The molecule has 9 nitrogen and oxygen atoms in total. The van der Waals surface area contributed by atoms with Crippen LogP contribution in [0.15, 0.2) is 43.1 Å². The van der Waals surface area contributed by atoms with Gasteiger partial charge < -0.3 is 20.3 Å². The minimum absolute atomic E-state index is 0.0248. The van der Waals surface area contributed by atoms with Gasteiger partial charge in [0.15, 0.2) is 0 Å². The molecule has 2 N–H and O–H groups in total. The molecule has 10 heteroatoms. The van der Waals surface area contributed by atoms with Gasteiger partial charge in [-0.25, -0.2) is 4.98 Å². The topological polar surface area (TPSA) is 120 Å². The monoisotopic (exact) mass is 440 g/mol. The highest BCUT2D eigenvalue weighted by atomic mass is 35.5. The highest BCUT2D eigenvalue weighted by Gasteiger charge is 2.27. The van der Waals surface area contributed by atoms with Crippen molar-refractivity contribution in [2.45, 2.75) is 18.9 Å². The van der Waals surface area contributed by atoms with Gasteiger partial charge in [-0.1, -0.05) is 18.2 Å². The van der Waals surface area contributed by atoms with Crippen LogP contribution in [-0.2, 0) is 4.79 Å². The average Bonchev–Trinajstić information content (AvgIpc) is 3.24. The third-order valence-corrected chi connectivity index (χ3v) is 4.82. The first-order valence-corrected chi connectivity index (χ1v) is 9.99. The molecule has 1 unspecified atom stereocenters. The van der Waals surface area contributed by atoms with E-state index < -0.39 is 0 Å². The predicted octanol–water partition coefficient (Wildman–Crippen LogP) is 2.87. The van der Waals surface area contributed by atoms with E-state index in [1.165, 1.54) is 12.3 Å². The highest BCUT2D eigenvalue weighted by molar-refractivity contribution is 6.31. The van der Waals surface area contributed by atoms with E-state index in [1.807, 2.05) is 6.07 Å². The smallest absolute Gasteiger partial charge is 0.253 e. The molecule has 1 aromatic carbocycles. The molecule has 1 saturated heterocycles. The summed E-state index contributed by atoms with van der Waals surface area (Å²) in [5.41, 5.74) is 1.13. The molecule has 0 aliphatic carbocycles. The molecule has 1 aliphatic rings. The first kappa shape index (κ1) is 22.1. The third kappa shape index (κ3) is 5.93. The number of amides is 2. The Morgan fingerprint density at radius 3 is 2.87 bits per heavy atom. The molecule has 31 heavy (non-hydrogen) atoms. The van der Waals surface area contributed by atoms with Crippen molar-refractivity contribution < 1.29 is 14.3 Å². The summed E-state index contributed by atoms with van der Waals surface area (Å²) in [5, 5.41) is 14.7. The van der Waals surface area contributed by atoms with Gasteiger partial charge in [-0.2, -0.15) is 10.2 Å². The minimum atomic E-state index is -0.310. The van der Waals surface area contributed by atoms with Crippen LogP contribution in [0.3, 0.4) is 0 Å². The van der Waals surface area contributed by atoms with Crippen LogP contribution in [0.1, 0.15) is 23.2 Å². The second-order valence-electron chi connectivity index (χ2n) is 6.76. The fourth-order valence-electron chi connectivity index (χ4n) is 3.03. The molecule has 0 saturated carbocycles. The van der Waals surface area contributed by atoms with Crippen molar-refractivity contribution in [2.24, 2.45) is 0 Å². The molecule has 160 valence electrons. The fourth-order valence-corrected chi connectivity index (χ4v) is 3.18. The molecule has 2 aromatic rings. The summed E-state index contributed by atoms with van der Waals surface area (Å²) >= 11 is 6.03. The van der Waals surface area contributed by atoms with Gasteiger partial charge in [0, 0.05) is 30.4 Å². The summed E-state index contributed by atoms with van der Waals surface area (Å²) in [4.78, 5) is 34.3. The molecule has 0 radical (unpaired) electrons. The van der Waals surface area contributed by atoms with Crippen LogP contribution in [0.2, 0.25) is 5.02 Å². The van der Waals surface area contributed by atoms with Gasteiger partial charge in [0.05, 0.1) is 18.7 Å². The van der Waals surface area contributed by atoms with Crippen LogP contribution >= 0.6 is 11.6 Å². The fraction of sp³-hybridized carbons (Fsp3) is 0.286. The quantitative estimate of drug-likeness (QED) is 0.478. The van der Waals surface area contributed by atoms with Gasteiger partial charge in [-0.05, 0) is 36.8 Å². The number of anilines is 2. The lowest BCUT2D eigenvalue weighted by atomic mass is 10.2. The van der Waals surface area contributed by atoms with Gasteiger partial charge >= 0.3 is 0 Å². The number of aromatic nitrogens is 2. The number of carbonyl (C=O) groups is 2. The number of nitrogens with zero attached hydrogens (tertiary/aromatic N) is 4. The Bertz CT molecular complexity index is 1010. The number of halogens is 1. The zero-order valence-corrected chi connectivity index (χ0v) is 17.4. The Morgan fingerprint density at radius 1 is 1.39 bits per heavy atom. The number of benzene rings is 1. The molecule has 1 aliphatic heterocycles. The number of carbonyl (C=O) groups excluding carboxylic acids is 2. The predicted molar refractivity (Wildman–Crippen MR) is 116 cm³/mol. The summed E-state index contributed by atoms with van der Waals surface area (Å²) < 4.78 is 5.40. The number of ether oxygens (including phenoxy) is 1. The van der Waals surface area contributed by atoms with E-state index in [9.17, 15) is 9.59 Å². The van der Waals surface area contributed by atoms with Gasteiger partial charge in [-0.15, -0.1) is 0 Å². The number of hydrogen-bond acceptors (Lipinski definition) is 7. The standard InChI is InChI=1S/C21H21ClN6O3/c1-2-18(29)25-15-6-4-14(5-7-15)20(30)28-10-8-16(13-28)26-21-24-12-17(22)19(27-21)31-11-3-9-23/h2,4-7,12,16H,1,3,8,10-11,13H2,(H,25,29)(H,24,26,27). The van der Waals surface area contributed by atoms with Crippen molar-refractivity contribution >= 4 is 35.1 Å². The lowest BCUT2D eigenvalue weighted by molar-refractivity contribution is -0.111. The third-order valence-electron chi connectivity index (χ3n) is 4.56. The van der Waals surface area contributed by atoms with Crippen LogP contribution in [0.5, 0.6) is 5.88 Å². The molecule has 2 heterocycles. The molecular weight excluding hydrogens is 420 g/mol. The number of nitrogens with one attached hydrogen (secondary N) is 2. The number of nitriles is 1. The van der Waals surface area contributed by atoms with Crippen molar-refractivity contribution in [3.8, 4) is 11.9 Å². The maximum atomic E-state index is 12.8. The molecule has 1 atom stereocenters. The van der Waals surface area contributed by atoms with E-state index in [-0.39, 0.29) is 41.8 Å². The number of likely N-dealkylation sites (tertiary alicyclic amines) is 1. The van der Waals surface area contributed by atoms with Crippen LogP contribution in [-0.4, -0.2) is 52.4 Å². The van der Waals surface area contributed by atoms with Crippen molar-refractivity contribution in [3.63, 3.8) is 0 Å². The summed E-state index contributed by atoms with van der Waals surface area (Å²) in [6.07, 6.45) is 3.58. The average molecular weight is 441 g/mol. The molecule has 1 aromatic heterocycles. The van der Waals surface area contributed by atoms with E-state index in [0.717, 1.165) is 6.42 Å². The van der Waals surface area contributed by atoms with Crippen LogP contribution in [0.25, 0.3) is 0 Å². The van der Waals surface area contributed by atoms with Gasteiger partial charge in [0.1, 0.15) is 11.6 Å². The van der Waals surface area contributed by atoms with E-state index >= 15 is 0 Å². The first-order chi connectivity index (χ1) is 15.0. The van der Waals surface area contributed by atoms with Crippen LogP contribution < -0.4 is 15.4 Å². The largest absolute Gasteiger partial charge is 0.475 e. The molecule has 1 fully saturated rings. The Balaban J connectivity index is 1.57. The van der Waals surface area contributed by atoms with Gasteiger partial charge in [-0.3, -0.25) is 9.59 Å². The van der Waals surface area contributed by atoms with E-state index in [1.54, 1.807) is 29.2 Å². The Morgan fingerprint density at radius 2 is 2.16 bits per heavy atom. The second-order valence-corrected chi connectivity index (χ2v) is 7.16. The van der Waals surface area contributed by atoms with E-state index in [4.69, 9.17) is 21.6 Å². The SMILES string of the molecule is C=CC(=O)Nc1ccc(C(=O)N2CCC(Nc3ncc(Cl)c(OCCC#N)n3)C2)cc1. The summed E-state index contributed by atoms with van der Waals surface area (Å²) in [5.74, 6) is 0.154. The highest BCUT2D eigenvalue weighted by Crippen LogP contribution is 2.23. The molecule has 0 spiro atoms. The number of hydrogen-bond donors (Lipinski definition) is 2. The minimum Gasteiger partial charge on any atom is -0.475 e. The lowest BCUT2D eigenvalue weighted by Crippen LogP contribution is -2.31. The first-order valence-electron chi connectivity index (χ1n) is 9.61. The zero-order valence-electron chi connectivity index (χ0n) is 16.7. The van der Waals surface area contributed by atoms with Crippen LogP contribution in [0.4, 0.5) is 11.6 Å². The van der Waals surface area contributed by atoms with E-state index in [0.29, 0.717) is 30.3 Å². The van der Waals surface area contributed by atoms with Crippen molar-refractivity contribution in [2.75, 3.05) is 30.3 Å². The Labute approximate surface area is 184 Å². The van der Waals surface area contributed by atoms with Crippen molar-refractivity contribution in [3.05, 3.63) is 53.7 Å². The maximum Gasteiger partial charge on any atom is 0.253 e. The van der Waals surface area contributed by atoms with Gasteiger partial charge in [0.2, 0.25) is 17.7 Å². The maximum absolute atomic E-state index is 12.8. The molecular formula is C21H21ClN6O3. The van der Waals surface area contributed by atoms with E-state index in [2.05, 4.69) is 27.2 Å². The van der Waals surface area contributed by atoms with Crippen molar-refractivity contribution in [1.29, 1.82) is 5.26 Å². The number of rotatable bonds is 8. The zero-order chi connectivity index (χ0) is 22.2. The van der Waals surface area contributed by atoms with Crippen molar-refractivity contribution in [1.82, 2.24) is 14.9 Å². The molecule has 0 bridgehead atoms. The molecule has 3 rings (SSSR count). The summed E-state index contributed by atoms with van der Waals surface area (Å²) in [7, 11) is 0. The normalized spacial score (nSPS) is 15.1. The lowest BCUT2D eigenvalue weighted by Gasteiger charge is -2.17. The van der Waals surface area contributed by atoms with Crippen LogP contribution in [0, 0.1) is 11.3 Å².